The van der Waals surface area contributed by atoms with Gasteiger partial charge in [-0.1, -0.05) is 12.1 Å². The van der Waals surface area contributed by atoms with E-state index in [1.165, 1.54) is 48.5 Å². The van der Waals surface area contributed by atoms with Crippen LogP contribution in [0.2, 0.25) is 0 Å². The minimum Gasteiger partial charge on any atom is -0.323 e. The van der Waals surface area contributed by atoms with Crippen LogP contribution in [0.4, 0.5) is 15.9 Å². The summed E-state index contributed by atoms with van der Waals surface area (Å²) >= 11 is 0. The standard InChI is InChI=1S/C21H19FN4O3S/c1-14-13-20(24-15(2)23-14)26-30(28,29)19-10-8-18(9-11-19)25-21(27)12-5-16-3-6-17(22)7-4-16/h3-13H,1-2H3,(H,25,27)(H,23,24,26). The number of aryl methyl sites for hydroxylation is 2. The maximum absolute atomic E-state index is 12.9. The summed E-state index contributed by atoms with van der Waals surface area (Å²) in [6, 6.07) is 12.9. The van der Waals surface area contributed by atoms with Crippen LogP contribution in [0.15, 0.2) is 65.6 Å². The smallest absolute Gasteiger partial charge is 0.263 e. The van der Waals surface area contributed by atoms with E-state index >= 15 is 0 Å². The lowest BCUT2D eigenvalue weighted by molar-refractivity contribution is -0.111. The van der Waals surface area contributed by atoms with Crippen LogP contribution in [0.3, 0.4) is 0 Å². The normalized spacial score (nSPS) is 11.4. The van der Waals surface area contributed by atoms with Gasteiger partial charge < -0.3 is 5.32 Å². The van der Waals surface area contributed by atoms with Gasteiger partial charge in [0.2, 0.25) is 5.91 Å². The van der Waals surface area contributed by atoms with E-state index in [1.807, 2.05) is 0 Å². The zero-order valence-corrected chi connectivity index (χ0v) is 17.1. The predicted octanol–water partition coefficient (Wildman–Crippen LogP) is 3.69. The van der Waals surface area contributed by atoms with Crippen molar-refractivity contribution in [3.8, 4) is 0 Å². The van der Waals surface area contributed by atoms with Crippen LogP contribution < -0.4 is 10.0 Å². The molecule has 1 amide bonds. The Morgan fingerprint density at radius 3 is 2.30 bits per heavy atom. The van der Waals surface area contributed by atoms with E-state index in [4.69, 9.17) is 0 Å². The second-order valence-electron chi connectivity index (χ2n) is 6.45. The molecule has 2 N–H and O–H groups in total. The van der Waals surface area contributed by atoms with Gasteiger partial charge in [-0.15, -0.1) is 0 Å². The Kier molecular flexibility index (Phi) is 6.22. The number of halogens is 1. The van der Waals surface area contributed by atoms with Gasteiger partial charge in [0, 0.05) is 23.5 Å². The van der Waals surface area contributed by atoms with Crippen LogP contribution in [0.5, 0.6) is 0 Å². The van der Waals surface area contributed by atoms with Gasteiger partial charge >= 0.3 is 0 Å². The SMILES string of the molecule is Cc1cc(NS(=O)(=O)c2ccc(NC(=O)C=Cc3ccc(F)cc3)cc2)nc(C)n1. The Morgan fingerprint density at radius 2 is 1.67 bits per heavy atom. The van der Waals surface area contributed by atoms with E-state index in [0.29, 0.717) is 22.8 Å². The van der Waals surface area contributed by atoms with Gasteiger partial charge in [-0.2, -0.15) is 0 Å². The zero-order chi connectivity index (χ0) is 21.7. The minimum atomic E-state index is -3.84. The maximum atomic E-state index is 12.9. The number of nitrogens with zero attached hydrogens (tertiary/aromatic N) is 2. The number of amides is 1. The molecule has 1 aromatic heterocycles. The molecular weight excluding hydrogens is 407 g/mol. The first kappa shape index (κ1) is 21.1. The van der Waals surface area contributed by atoms with Crippen molar-refractivity contribution >= 4 is 33.5 Å². The molecule has 2 aromatic carbocycles. The number of anilines is 2. The number of carbonyl (C=O) groups excluding carboxylic acids is 1. The second-order valence-corrected chi connectivity index (χ2v) is 8.13. The van der Waals surface area contributed by atoms with Crippen LogP contribution in [-0.4, -0.2) is 24.3 Å². The van der Waals surface area contributed by atoms with Crippen molar-refractivity contribution in [2.45, 2.75) is 18.7 Å². The van der Waals surface area contributed by atoms with Crippen LogP contribution >= 0.6 is 0 Å². The third-order valence-corrected chi connectivity index (χ3v) is 5.30. The number of hydrogen-bond donors (Lipinski definition) is 2. The van der Waals surface area contributed by atoms with E-state index < -0.39 is 15.9 Å². The number of sulfonamides is 1. The molecule has 9 heteroatoms. The van der Waals surface area contributed by atoms with Gasteiger partial charge in [0.05, 0.1) is 4.90 Å². The Hall–Kier alpha value is -3.59. The molecule has 7 nitrogen and oxygen atoms in total. The van der Waals surface area contributed by atoms with E-state index in [1.54, 1.807) is 32.1 Å². The van der Waals surface area contributed by atoms with Crippen LogP contribution in [0.1, 0.15) is 17.1 Å². The Balaban J connectivity index is 1.66. The molecule has 1 heterocycles. The molecule has 0 aliphatic carbocycles. The van der Waals surface area contributed by atoms with Crippen molar-refractivity contribution in [2.24, 2.45) is 0 Å². The Morgan fingerprint density at radius 1 is 1.00 bits per heavy atom. The second kappa shape index (κ2) is 8.83. The third-order valence-electron chi connectivity index (χ3n) is 3.93. The molecule has 30 heavy (non-hydrogen) atoms. The molecule has 0 atom stereocenters. The van der Waals surface area contributed by atoms with Crippen molar-refractivity contribution in [3.05, 3.63) is 83.6 Å². The van der Waals surface area contributed by atoms with Crippen molar-refractivity contribution in [2.75, 3.05) is 10.0 Å². The lowest BCUT2D eigenvalue weighted by atomic mass is 10.2. The van der Waals surface area contributed by atoms with Crippen LogP contribution in [0.25, 0.3) is 6.08 Å². The van der Waals surface area contributed by atoms with Crippen molar-refractivity contribution < 1.29 is 17.6 Å². The molecule has 0 radical (unpaired) electrons. The number of hydrogen-bond acceptors (Lipinski definition) is 5. The van der Waals surface area contributed by atoms with Crippen molar-refractivity contribution in [1.29, 1.82) is 0 Å². The summed E-state index contributed by atoms with van der Waals surface area (Å²) in [5.41, 5.74) is 1.75. The lowest BCUT2D eigenvalue weighted by Gasteiger charge is -2.09. The lowest BCUT2D eigenvalue weighted by Crippen LogP contribution is -2.15. The van der Waals surface area contributed by atoms with Crippen LogP contribution in [0, 0.1) is 19.7 Å². The molecule has 0 saturated carbocycles. The summed E-state index contributed by atoms with van der Waals surface area (Å²) in [6.45, 7) is 3.42. The first-order valence-electron chi connectivity index (χ1n) is 8.91. The fraction of sp³-hybridized carbons (Fsp3) is 0.0952. The van der Waals surface area contributed by atoms with Gasteiger partial charge in [-0.25, -0.2) is 22.8 Å². The average Bonchev–Trinajstić information content (AvgIpc) is 2.67. The molecule has 3 rings (SSSR count). The van der Waals surface area contributed by atoms with Gasteiger partial charge in [-0.3, -0.25) is 9.52 Å². The molecular formula is C21H19FN4O3S. The Labute approximate surface area is 173 Å². The summed E-state index contributed by atoms with van der Waals surface area (Å²) < 4.78 is 40.4. The molecule has 0 unspecified atom stereocenters. The van der Waals surface area contributed by atoms with E-state index in [9.17, 15) is 17.6 Å². The predicted molar refractivity (Wildman–Crippen MR) is 113 cm³/mol. The molecule has 0 spiro atoms. The fourth-order valence-corrected chi connectivity index (χ4v) is 3.61. The maximum Gasteiger partial charge on any atom is 0.263 e. The van der Waals surface area contributed by atoms with Gasteiger partial charge in [0.25, 0.3) is 10.0 Å². The Bertz CT molecular complexity index is 1170. The molecule has 0 aliphatic rings. The summed E-state index contributed by atoms with van der Waals surface area (Å²) in [5, 5.41) is 2.63. The number of benzene rings is 2. The number of aromatic nitrogens is 2. The van der Waals surface area contributed by atoms with Gasteiger partial charge in [0.1, 0.15) is 17.5 Å². The van der Waals surface area contributed by atoms with Gasteiger partial charge in [0.15, 0.2) is 0 Å². The highest BCUT2D eigenvalue weighted by molar-refractivity contribution is 7.92. The fourth-order valence-electron chi connectivity index (χ4n) is 2.61. The molecule has 0 bridgehead atoms. The number of nitrogens with one attached hydrogen (secondary N) is 2. The third kappa shape index (κ3) is 5.71. The summed E-state index contributed by atoms with van der Waals surface area (Å²) in [6.07, 6.45) is 2.85. The summed E-state index contributed by atoms with van der Waals surface area (Å²) in [7, 11) is -3.84. The summed E-state index contributed by atoms with van der Waals surface area (Å²) in [4.78, 5) is 20.2. The first-order chi connectivity index (χ1) is 14.2. The number of rotatable bonds is 6. The largest absolute Gasteiger partial charge is 0.323 e. The van der Waals surface area contributed by atoms with E-state index in [2.05, 4.69) is 20.0 Å². The highest BCUT2D eigenvalue weighted by Gasteiger charge is 2.15. The monoisotopic (exact) mass is 426 g/mol. The molecule has 0 fully saturated rings. The zero-order valence-electron chi connectivity index (χ0n) is 16.3. The first-order valence-corrected chi connectivity index (χ1v) is 10.4. The summed E-state index contributed by atoms with van der Waals surface area (Å²) in [5.74, 6) is -0.117. The molecule has 0 saturated heterocycles. The van der Waals surface area contributed by atoms with E-state index in [0.717, 1.165) is 0 Å². The topological polar surface area (TPSA) is 101 Å². The minimum absolute atomic E-state index is 0.0243. The molecule has 0 aliphatic heterocycles. The highest BCUT2D eigenvalue weighted by Crippen LogP contribution is 2.18. The molecule has 154 valence electrons. The quantitative estimate of drug-likeness (QED) is 0.586. The average molecular weight is 426 g/mol. The van der Waals surface area contributed by atoms with Crippen molar-refractivity contribution in [1.82, 2.24) is 9.97 Å². The van der Waals surface area contributed by atoms with Crippen molar-refractivity contribution in [3.63, 3.8) is 0 Å². The van der Waals surface area contributed by atoms with E-state index in [-0.39, 0.29) is 16.5 Å². The molecule has 3 aromatic rings. The van der Waals surface area contributed by atoms with Crippen LogP contribution in [-0.2, 0) is 14.8 Å². The number of carbonyl (C=O) groups is 1. The highest BCUT2D eigenvalue weighted by atomic mass is 32.2. The van der Waals surface area contributed by atoms with Gasteiger partial charge in [-0.05, 0) is 61.9 Å².